The number of rotatable bonds is 44. The zero-order valence-electron chi connectivity index (χ0n) is 66.9. The van der Waals surface area contributed by atoms with Crippen molar-refractivity contribution in [3.63, 3.8) is 0 Å². The van der Waals surface area contributed by atoms with E-state index in [0.717, 1.165) is 160 Å². The Morgan fingerprint density at radius 2 is 0.676 bits per heavy atom. The first-order valence-corrected chi connectivity index (χ1v) is 45.7. The summed E-state index contributed by atoms with van der Waals surface area (Å²) in [4.78, 5) is 30.8. The van der Waals surface area contributed by atoms with Crippen LogP contribution in [-0.2, 0) is 37.0 Å². The van der Waals surface area contributed by atoms with Gasteiger partial charge in [0.25, 0.3) is 0 Å². The van der Waals surface area contributed by atoms with Gasteiger partial charge in [-0.05, 0) is 207 Å². The molecule has 0 N–H and O–H groups in total. The molecule has 0 bridgehead atoms. The lowest BCUT2D eigenvalue weighted by atomic mass is 9.84. The van der Waals surface area contributed by atoms with Crippen molar-refractivity contribution in [1.29, 1.82) is 0 Å². The maximum atomic E-state index is 15.6. The average Bonchev–Trinajstić information content (AvgIpc) is 1.64. The van der Waals surface area contributed by atoms with Gasteiger partial charge in [-0.2, -0.15) is 4.58 Å². The first-order chi connectivity index (χ1) is 54.7. The van der Waals surface area contributed by atoms with Crippen LogP contribution in [0.15, 0.2) is 235 Å². The van der Waals surface area contributed by atoms with E-state index in [0.29, 0.717) is 11.1 Å². The Morgan fingerprint density at radius 3 is 1.09 bits per heavy atom. The Kier molecular flexibility index (Phi) is 29.5. The average molecular weight is 1550 g/mol. The molecule has 1 aliphatic carbocycles. The predicted molar refractivity (Wildman–Crippen MR) is 481 cm³/mol. The molecule has 6 heterocycles. The van der Waals surface area contributed by atoms with E-state index in [2.05, 4.69) is 279 Å². The summed E-state index contributed by atoms with van der Waals surface area (Å²) >= 11 is 7.74. The minimum atomic E-state index is -0.125. The molecule has 0 radical (unpaired) electrons. The van der Waals surface area contributed by atoms with E-state index >= 15 is 9.90 Å². The van der Waals surface area contributed by atoms with E-state index in [9.17, 15) is 0 Å². The van der Waals surface area contributed by atoms with E-state index in [4.69, 9.17) is 0 Å². The van der Waals surface area contributed by atoms with Crippen LogP contribution < -0.4 is 14.9 Å². The van der Waals surface area contributed by atoms with Gasteiger partial charge in [-0.25, -0.2) is 0 Å². The summed E-state index contributed by atoms with van der Waals surface area (Å²) in [5.41, 5.74) is 19.4. The lowest BCUT2D eigenvalue weighted by Crippen LogP contribution is -2.33. The second-order valence-electron chi connectivity index (χ2n) is 30.6. The van der Waals surface area contributed by atoms with Gasteiger partial charge in [0.15, 0.2) is 0 Å². The molecule has 0 spiro atoms. The summed E-state index contributed by atoms with van der Waals surface area (Å²) < 4.78 is 4.74. The number of aromatic nitrogens is 1. The molecule has 576 valence electrons. The molecule has 0 unspecified atom stereocenters. The Bertz CT molecular complexity index is 4830. The first kappa shape index (κ1) is 80.4. The lowest BCUT2D eigenvalue weighted by Gasteiger charge is -2.31. The summed E-state index contributed by atoms with van der Waals surface area (Å²) in [6.45, 7) is 15.2. The number of para-hydroxylation sites is 4. The number of aryl methyl sites for hydroxylation is 4. The second kappa shape index (κ2) is 40.7. The molecule has 0 saturated carbocycles. The van der Waals surface area contributed by atoms with Crippen molar-refractivity contribution in [2.45, 2.75) is 234 Å². The number of unbranched alkanes of at least 4 members (excludes halogenated alkanes) is 19. The zero-order chi connectivity index (χ0) is 76.7. The van der Waals surface area contributed by atoms with Crippen LogP contribution in [0.5, 0.6) is 0 Å². The fourth-order valence-electron chi connectivity index (χ4n) is 16.2. The minimum absolute atomic E-state index is 0.125. The molecular formula is C101H116N4O2S4. The fraction of sp³-hybridized carbons (Fsp3) is 0.366. The Morgan fingerprint density at radius 1 is 0.333 bits per heavy atom. The van der Waals surface area contributed by atoms with Crippen LogP contribution in [0.1, 0.15) is 235 Å². The highest BCUT2D eigenvalue weighted by atomic mass is 32.1. The quantitative estimate of drug-likeness (QED) is 0.0217. The van der Waals surface area contributed by atoms with Crippen LogP contribution in [0, 0.1) is 0 Å². The molecule has 10 heteroatoms. The largest absolute Gasteiger partial charge is 0.871 e. The first-order valence-electron chi connectivity index (χ1n) is 42.5. The topological polar surface area (TPSA) is 54.5 Å². The highest BCUT2D eigenvalue weighted by molar-refractivity contribution is 7.26. The van der Waals surface area contributed by atoms with Gasteiger partial charge in [-0.15, -0.1) is 45.3 Å². The van der Waals surface area contributed by atoms with E-state index in [1.165, 1.54) is 169 Å². The molecule has 1 aliphatic heterocycles. The van der Waals surface area contributed by atoms with Gasteiger partial charge in [-0.1, -0.05) is 260 Å². The van der Waals surface area contributed by atoms with Crippen LogP contribution in [0.4, 0.5) is 34.1 Å². The molecule has 13 rings (SSSR count). The highest BCUT2D eigenvalue weighted by Gasteiger charge is 2.40. The maximum Gasteiger partial charge on any atom is 0.223 e. The second-order valence-corrected chi connectivity index (χ2v) is 34.8. The van der Waals surface area contributed by atoms with Crippen molar-refractivity contribution >= 4 is 96.5 Å². The molecule has 0 saturated heterocycles. The van der Waals surface area contributed by atoms with E-state index in [1.54, 1.807) is 0 Å². The van der Waals surface area contributed by atoms with Crippen LogP contribution >= 0.6 is 45.3 Å². The molecule has 11 aromatic rings. The highest BCUT2D eigenvalue weighted by Crippen LogP contribution is 2.50. The number of anilines is 6. The van der Waals surface area contributed by atoms with Crippen LogP contribution in [-0.4, -0.2) is 27.2 Å². The molecule has 2 aliphatic rings. The number of carbonyl (C=O) groups is 1. The van der Waals surface area contributed by atoms with Crippen molar-refractivity contribution in [1.82, 2.24) is 4.57 Å². The molecular weight excluding hydrogens is 1430 g/mol. The molecule has 0 atom stereocenters. The summed E-state index contributed by atoms with van der Waals surface area (Å²) in [5.74, 6) is -0.250. The number of ketones is 1. The standard InChI is InChI=1S/C101H116N4O2S4/c1-7-13-19-25-43-69-103-87(91-71-79(47-33-23-17-11-5)101(109-91)93-73-77(45-31-21-15-9-3)99(111-93)75-58-62-85(63-59-75)105(82-52-38-28-39-53-82)83-54-40-29-41-55-83)65-67-89(103)95-96(106)94(97(95)107)88-66-64-86(102(88)68-42-24-18-12-6)90-70-78(46-32-22-16-10-4)100(108-90)92-72-76(44-30-20-14-8-2)98(110-92)74-56-60-84(61-57-74)104(80-48-34-26-35-49-80)81-50-36-27-37-51-81/h26-29,34-41,48-67,70-73H,7-25,30-33,42-47,68-69H2,1-6H3. The lowest BCUT2D eigenvalue weighted by molar-refractivity contribution is -0.470. The van der Waals surface area contributed by atoms with E-state index in [-0.39, 0.29) is 11.5 Å². The number of thiophene rings is 4. The number of carbonyl (C=O) groups excluding carboxylic acids is 1. The normalized spacial score (nSPS) is 13.5. The third-order valence-corrected chi connectivity index (χ3v) is 27.5. The van der Waals surface area contributed by atoms with Crippen molar-refractivity contribution in [2.75, 3.05) is 16.3 Å². The summed E-state index contributed by atoms with van der Waals surface area (Å²) in [7, 11) is 0. The third kappa shape index (κ3) is 19.5. The van der Waals surface area contributed by atoms with Crippen molar-refractivity contribution in [2.24, 2.45) is 0 Å². The molecule has 111 heavy (non-hydrogen) atoms. The van der Waals surface area contributed by atoms with Gasteiger partial charge in [0, 0.05) is 94.1 Å². The molecule has 0 amide bonds. The monoisotopic (exact) mass is 1540 g/mol. The van der Waals surface area contributed by atoms with Gasteiger partial charge in [0.2, 0.25) is 17.2 Å². The Hall–Kier alpha value is -8.64. The van der Waals surface area contributed by atoms with Gasteiger partial charge in [-0.3, -0.25) is 4.79 Å². The molecule has 6 aromatic carbocycles. The van der Waals surface area contributed by atoms with Crippen molar-refractivity contribution in [3.05, 3.63) is 268 Å². The van der Waals surface area contributed by atoms with E-state index < -0.39 is 0 Å². The molecule has 0 fully saturated rings. The Labute approximate surface area is 680 Å². The van der Waals surface area contributed by atoms with Crippen molar-refractivity contribution < 1.29 is 14.5 Å². The van der Waals surface area contributed by atoms with Gasteiger partial charge in [0.1, 0.15) is 6.54 Å². The maximum absolute atomic E-state index is 15.6. The summed E-state index contributed by atoms with van der Waals surface area (Å²) in [5, 5.41) is 15.6. The number of benzene rings is 6. The molecule has 6 nitrogen and oxygen atoms in total. The van der Waals surface area contributed by atoms with Gasteiger partial charge in [0.05, 0.1) is 26.7 Å². The number of nitrogens with zero attached hydrogens (tertiary/aromatic N) is 4. The number of Topliss-reactive ketones (excluding diaryl/α,β-unsaturated/α-hetero) is 1. The van der Waals surface area contributed by atoms with E-state index in [1.807, 2.05) is 45.3 Å². The van der Waals surface area contributed by atoms with Crippen LogP contribution in [0.2, 0.25) is 0 Å². The SMILES string of the molecule is CCCCCCC[N+]1=C(c2cc(CCCCCC)c(-c3cc(CCCCCC)c(-c4ccc(N(c5ccccc5)c5ccccc5)cc4)s3)s2)C=C/C1=C1\C(=O)C(c2ccc(-c3cc(CCCCCC)c(-c4cc(CCCCCC)c(-c5ccc(N(c6ccccc6)c6ccccc6)cc5)s4)s3)n2CCCCCC)=C1[O-]. The summed E-state index contributed by atoms with van der Waals surface area (Å²) in [6.07, 6.45) is 37.6. The smallest absolute Gasteiger partial charge is 0.223 e. The number of allylic oxidation sites excluding steroid dienone is 4. The molecule has 5 aromatic heterocycles. The number of hydrogen-bond acceptors (Lipinski definition) is 8. The third-order valence-electron chi connectivity index (χ3n) is 22.3. The van der Waals surface area contributed by atoms with Crippen LogP contribution in [0.3, 0.4) is 0 Å². The summed E-state index contributed by atoms with van der Waals surface area (Å²) in [6, 6.07) is 75.8. The van der Waals surface area contributed by atoms with Gasteiger partial charge < -0.3 is 19.5 Å². The minimum Gasteiger partial charge on any atom is -0.871 e. The van der Waals surface area contributed by atoms with Crippen LogP contribution in [0.25, 0.3) is 56.5 Å². The fourth-order valence-corrected chi connectivity index (χ4v) is 21.4. The van der Waals surface area contributed by atoms with Crippen molar-refractivity contribution in [3.8, 4) is 51.0 Å². The number of hydrogen-bond donors (Lipinski definition) is 0. The Balaban J connectivity index is 0.862. The predicted octanol–water partition coefficient (Wildman–Crippen LogP) is 30.0. The van der Waals surface area contributed by atoms with Gasteiger partial charge >= 0.3 is 0 Å². The zero-order valence-corrected chi connectivity index (χ0v) is 70.2.